The summed E-state index contributed by atoms with van der Waals surface area (Å²) >= 11 is 7.15. The molecule has 1 saturated heterocycles. The summed E-state index contributed by atoms with van der Waals surface area (Å²) in [6.45, 7) is 2.21. The van der Waals surface area contributed by atoms with E-state index in [1.807, 2.05) is 41.8 Å². The van der Waals surface area contributed by atoms with Crippen LogP contribution in [0.15, 0.2) is 71.6 Å². The predicted molar refractivity (Wildman–Crippen MR) is 151 cm³/mol. The van der Waals surface area contributed by atoms with E-state index in [1.54, 1.807) is 42.5 Å². The number of para-hydroxylation sites is 1. The number of benzene rings is 3. The summed E-state index contributed by atoms with van der Waals surface area (Å²) in [5.74, 6) is 0.633. The molecule has 2 aliphatic heterocycles. The molecule has 1 aromatic heterocycles. The number of nitrogens with one attached hydrogen (secondary N) is 1. The van der Waals surface area contributed by atoms with Gasteiger partial charge in [-0.15, -0.1) is 0 Å². The van der Waals surface area contributed by atoms with Gasteiger partial charge in [-0.25, -0.2) is 0 Å². The van der Waals surface area contributed by atoms with Crippen LogP contribution in [0.2, 0.25) is 5.02 Å². The highest BCUT2D eigenvalue weighted by atomic mass is 35.5. The molecule has 3 aromatic carbocycles. The number of carbonyl (C=O) groups is 3. The molecule has 1 fully saturated rings. The molecule has 3 amide bonds. The van der Waals surface area contributed by atoms with Crippen molar-refractivity contribution < 1.29 is 23.9 Å². The highest BCUT2D eigenvalue weighted by Crippen LogP contribution is 2.37. The number of carbonyl (C=O) groups excluding carboxylic acids is 3. The van der Waals surface area contributed by atoms with E-state index >= 15 is 0 Å². The Morgan fingerprint density at radius 2 is 1.82 bits per heavy atom. The number of ether oxygens (including phenoxy) is 2. The molecule has 0 saturated carbocycles. The van der Waals surface area contributed by atoms with Gasteiger partial charge >= 0.3 is 0 Å². The van der Waals surface area contributed by atoms with E-state index in [0.717, 1.165) is 33.9 Å². The zero-order valence-electron chi connectivity index (χ0n) is 20.8. The summed E-state index contributed by atoms with van der Waals surface area (Å²) in [6.07, 6.45) is 1.74. The van der Waals surface area contributed by atoms with Gasteiger partial charge in [-0.1, -0.05) is 48.0 Å². The first kappa shape index (κ1) is 25.1. The first-order valence-electron chi connectivity index (χ1n) is 12.1. The van der Waals surface area contributed by atoms with E-state index in [9.17, 15) is 14.4 Å². The van der Waals surface area contributed by atoms with Crippen molar-refractivity contribution in [2.75, 3.05) is 12.1 Å². The van der Waals surface area contributed by atoms with Crippen LogP contribution in [0, 0.1) is 6.92 Å². The number of anilines is 1. The van der Waals surface area contributed by atoms with Crippen LogP contribution >= 0.6 is 23.4 Å². The van der Waals surface area contributed by atoms with Crippen LogP contribution in [0.3, 0.4) is 0 Å². The smallest absolute Gasteiger partial charge is 0.293 e. The molecule has 0 atom stereocenters. The number of hydrogen-bond donors (Lipinski definition) is 1. The van der Waals surface area contributed by atoms with E-state index in [1.165, 1.54) is 4.90 Å². The Morgan fingerprint density at radius 1 is 1.05 bits per heavy atom. The second-order valence-electron chi connectivity index (χ2n) is 9.08. The fourth-order valence-electron chi connectivity index (χ4n) is 4.73. The van der Waals surface area contributed by atoms with Crippen LogP contribution in [0.4, 0.5) is 10.5 Å². The molecule has 8 nitrogen and oxygen atoms in total. The van der Waals surface area contributed by atoms with Gasteiger partial charge in [0.1, 0.15) is 6.54 Å². The van der Waals surface area contributed by atoms with Gasteiger partial charge in [-0.05, 0) is 54.6 Å². The lowest BCUT2D eigenvalue weighted by Gasteiger charge is -2.13. The minimum atomic E-state index is -0.373. The van der Waals surface area contributed by atoms with Crippen LogP contribution in [-0.2, 0) is 22.7 Å². The van der Waals surface area contributed by atoms with Crippen LogP contribution in [-0.4, -0.2) is 33.3 Å². The number of thioether (sulfide) groups is 1. The molecule has 6 rings (SSSR count). The number of amides is 3. The molecule has 0 unspecified atom stereocenters. The van der Waals surface area contributed by atoms with Gasteiger partial charge in [-0.2, -0.15) is 0 Å². The Hall–Kier alpha value is -4.21. The fraction of sp³-hybridized carbons (Fsp3) is 0.138. The summed E-state index contributed by atoms with van der Waals surface area (Å²) < 4.78 is 12.6. The maximum Gasteiger partial charge on any atom is 0.293 e. The van der Waals surface area contributed by atoms with Gasteiger partial charge in [0.25, 0.3) is 11.1 Å². The van der Waals surface area contributed by atoms with E-state index in [2.05, 4.69) is 5.32 Å². The molecule has 0 spiro atoms. The largest absolute Gasteiger partial charge is 0.454 e. The predicted octanol–water partition coefficient (Wildman–Crippen LogP) is 6.21. The van der Waals surface area contributed by atoms with Crippen molar-refractivity contribution in [1.29, 1.82) is 0 Å². The molecule has 0 aliphatic carbocycles. The number of aromatic nitrogens is 1. The third kappa shape index (κ3) is 4.75. The Morgan fingerprint density at radius 3 is 2.67 bits per heavy atom. The lowest BCUT2D eigenvalue weighted by Crippen LogP contribution is -2.27. The molecule has 1 N–H and O–H groups in total. The van der Waals surface area contributed by atoms with E-state index in [4.69, 9.17) is 21.1 Å². The van der Waals surface area contributed by atoms with Crippen molar-refractivity contribution in [2.24, 2.45) is 0 Å². The first-order valence-corrected chi connectivity index (χ1v) is 13.3. The second-order valence-corrected chi connectivity index (χ2v) is 10.5. The molecule has 3 heterocycles. The van der Waals surface area contributed by atoms with E-state index < -0.39 is 0 Å². The molecule has 10 heteroatoms. The van der Waals surface area contributed by atoms with Crippen molar-refractivity contribution in [2.45, 2.75) is 20.0 Å². The highest BCUT2D eigenvalue weighted by molar-refractivity contribution is 8.18. The Bertz CT molecular complexity index is 1700. The molecular formula is C29H22ClN3O5S. The summed E-state index contributed by atoms with van der Waals surface area (Å²) in [7, 11) is 0. The second kappa shape index (κ2) is 10.2. The van der Waals surface area contributed by atoms with Gasteiger partial charge in [0, 0.05) is 38.9 Å². The topological polar surface area (TPSA) is 89.9 Å². The van der Waals surface area contributed by atoms with Gasteiger partial charge in [0.15, 0.2) is 11.5 Å². The Labute approximate surface area is 233 Å². The Balaban J connectivity index is 1.27. The number of halogens is 1. The molecular weight excluding hydrogens is 538 g/mol. The van der Waals surface area contributed by atoms with Crippen LogP contribution in [0.5, 0.6) is 11.5 Å². The zero-order chi connectivity index (χ0) is 27.1. The Kier molecular flexibility index (Phi) is 6.54. The van der Waals surface area contributed by atoms with Crippen molar-refractivity contribution in [3.05, 3.63) is 93.5 Å². The van der Waals surface area contributed by atoms with Crippen molar-refractivity contribution in [1.82, 2.24) is 9.47 Å². The summed E-state index contributed by atoms with van der Waals surface area (Å²) in [5.41, 5.74) is 3.73. The standard InChI is InChI=1S/C29H22ClN3O5S/c1-17-21(13-26-28(35)33(29(36)39-26)14-18-6-2-4-8-22(18)30)20-7-3-5-9-23(20)32(17)15-27(34)31-19-10-11-24-25(12-19)38-16-37-24/h2-13H,14-16H2,1H3,(H,31,34)/b26-13-. The molecule has 4 aromatic rings. The van der Waals surface area contributed by atoms with Gasteiger partial charge in [0.05, 0.1) is 11.4 Å². The van der Waals surface area contributed by atoms with Gasteiger partial charge in [0.2, 0.25) is 12.7 Å². The van der Waals surface area contributed by atoms with E-state index in [-0.39, 0.29) is 36.9 Å². The van der Waals surface area contributed by atoms with Crippen molar-refractivity contribution in [3.8, 4) is 11.5 Å². The highest BCUT2D eigenvalue weighted by Gasteiger charge is 2.35. The third-order valence-corrected chi connectivity index (χ3v) is 7.95. The third-order valence-electron chi connectivity index (χ3n) is 6.67. The summed E-state index contributed by atoms with van der Waals surface area (Å²) in [5, 5.41) is 3.94. The SMILES string of the molecule is Cc1c(/C=C2\SC(=O)N(Cc3ccccc3Cl)C2=O)c2ccccc2n1CC(=O)Nc1ccc2c(c1)OCO2. The van der Waals surface area contributed by atoms with Crippen LogP contribution < -0.4 is 14.8 Å². The quantitative estimate of drug-likeness (QED) is 0.283. The van der Waals surface area contributed by atoms with Gasteiger partial charge in [-0.3, -0.25) is 19.3 Å². The van der Waals surface area contributed by atoms with E-state index in [0.29, 0.717) is 32.7 Å². The molecule has 39 heavy (non-hydrogen) atoms. The monoisotopic (exact) mass is 559 g/mol. The van der Waals surface area contributed by atoms with Gasteiger partial charge < -0.3 is 19.4 Å². The normalized spacial score (nSPS) is 15.5. The molecule has 2 aliphatic rings. The first-order chi connectivity index (χ1) is 18.9. The maximum absolute atomic E-state index is 13.2. The minimum Gasteiger partial charge on any atom is -0.454 e. The van der Waals surface area contributed by atoms with Crippen LogP contribution in [0.1, 0.15) is 16.8 Å². The average Bonchev–Trinajstić information content (AvgIpc) is 3.57. The minimum absolute atomic E-state index is 0.0581. The lowest BCUT2D eigenvalue weighted by molar-refractivity contribution is -0.123. The number of rotatable bonds is 6. The lowest BCUT2D eigenvalue weighted by atomic mass is 10.1. The number of hydrogen-bond acceptors (Lipinski definition) is 6. The maximum atomic E-state index is 13.2. The van der Waals surface area contributed by atoms with Crippen molar-refractivity contribution >= 4 is 63.1 Å². The molecule has 0 radical (unpaired) electrons. The summed E-state index contributed by atoms with van der Waals surface area (Å²) in [6, 6.07) is 20.0. The summed E-state index contributed by atoms with van der Waals surface area (Å²) in [4.78, 5) is 40.5. The number of fused-ring (bicyclic) bond motifs is 2. The molecule has 0 bridgehead atoms. The van der Waals surface area contributed by atoms with Crippen molar-refractivity contribution in [3.63, 3.8) is 0 Å². The van der Waals surface area contributed by atoms with Crippen LogP contribution in [0.25, 0.3) is 17.0 Å². The fourth-order valence-corrected chi connectivity index (χ4v) is 5.74. The average molecular weight is 560 g/mol. The molecule has 196 valence electrons. The number of imide groups is 1. The number of nitrogens with zero attached hydrogens (tertiary/aromatic N) is 2. The zero-order valence-corrected chi connectivity index (χ0v) is 22.3.